The molecule has 0 aliphatic heterocycles. The van der Waals surface area contributed by atoms with Gasteiger partial charge in [0.15, 0.2) is 11.5 Å². The molecule has 0 fully saturated rings. The molecule has 0 spiro atoms. The Kier molecular flexibility index (Phi) is 5.79. The van der Waals surface area contributed by atoms with Crippen LogP contribution in [0.2, 0.25) is 0 Å². The SMILES string of the molecule is COC(=O)c1ccc(OP(C)(C)=S)c(OP(C)(C)=S)c1. The van der Waals surface area contributed by atoms with Gasteiger partial charge in [-0.1, -0.05) is 23.6 Å². The van der Waals surface area contributed by atoms with Crippen LogP contribution in [0.4, 0.5) is 0 Å². The van der Waals surface area contributed by atoms with Crippen molar-refractivity contribution in [2.75, 3.05) is 33.8 Å². The van der Waals surface area contributed by atoms with Crippen molar-refractivity contribution < 1.29 is 18.6 Å². The molecule has 0 bridgehead atoms. The fraction of sp³-hybridized carbons (Fsp3) is 0.417. The van der Waals surface area contributed by atoms with E-state index in [1.165, 1.54) is 7.11 Å². The van der Waals surface area contributed by atoms with Crippen LogP contribution in [0.3, 0.4) is 0 Å². The number of rotatable bonds is 5. The van der Waals surface area contributed by atoms with Gasteiger partial charge in [-0.25, -0.2) is 4.79 Å². The summed E-state index contributed by atoms with van der Waals surface area (Å²) >= 11 is 10.6. The van der Waals surface area contributed by atoms with Gasteiger partial charge in [-0.3, -0.25) is 0 Å². The third kappa shape index (κ3) is 5.92. The second-order valence-electron chi connectivity index (χ2n) is 4.84. The summed E-state index contributed by atoms with van der Waals surface area (Å²) in [5, 5.41) is 0. The van der Waals surface area contributed by atoms with Crippen molar-refractivity contribution in [1.82, 2.24) is 0 Å². The molecule has 0 amide bonds. The van der Waals surface area contributed by atoms with Crippen molar-refractivity contribution in [3.63, 3.8) is 0 Å². The highest BCUT2D eigenvalue weighted by molar-refractivity contribution is 8.12. The van der Waals surface area contributed by atoms with Crippen LogP contribution in [0.1, 0.15) is 10.4 Å². The third-order valence-corrected chi connectivity index (χ3v) is 3.72. The molecule has 112 valence electrons. The molecular weight excluding hydrogens is 334 g/mol. The maximum atomic E-state index is 11.6. The van der Waals surface area contributed by atoms with E-state index >= 15 is 0 Å². The van der Waals surface area contributed by atoms with E-state index < -0.39 is 18.5 Å². The Hall–Kier alpha value is -0.410. The van der Waals surface area contributed by atoms with E-state index in [9.17, 15) is 4.79 Å². The van der Waals surface area contributed by atoms with Gasteiger partial charge in [-0.15, -0.1) is 0 Å². The van der Waals surface area contributed by atoms with E-state index in [1.807, 2.05) is 26.7 Å². The van der Waals surface area contributed by atoms with E-state index in [0.717, 1.165) is 0 Å². The molecule has 0 saturated heterocycles. The zero-order valence-electron chi connectivity index (χ0n) is 12.1. The quantitative estimate of drug-likeness (QED) is 0.597. The van der Waals surface area contributed by atoms with Crippen LogP contribution in [0.15, 0.2) is 18.2 Å². The Balaban J connectivity index is 3.26. The van der Waals surface area contributed by atoms with Crippen molar-refractivity contribution in [3.05, 3.63) is 23.8 Å². The third-order valence-electron chi connectivity index (χ3n) is 2.00. The highest BCUT2D eigenvalue weighted by Gasteiger charge is 2.17. The van der Waals surface area contributed by atoms with E-state index in [-0.39, 0.29) is 0 Å². The van der Waals surface area contributed by atoms with Gasteiger partial charge in [-0.2, -0.15) is 0 Å². The highest BCUT2D eigenvalue weighted by atomic mass is 32.4. The average molecular weight is 352 g/mol. The summed E-state index contributed by atoms with van der Waals surface area (Å²) in [7, 11) is 1.33. The lowest BCUT2D eigenvalue weighted by atomic mass is 10.2. The van der Waals surface area contributed by atoms with Crippen molar-refractivity contribution in [1.29, 1.82) is 0 Å². The molecule has 1 aromatic carbocycles. The number of benzene rings is 1. The first-order valence-electron chi connectivity index (χ1n) is 5.73. The summed E-state index contributed by atoms with van der Waals surface area (Å²) in [6.07, 6.45) is -3.87. The van der Waals surface area contributed by atoms with Gasteiger partial charge in [-0.05, 0) is 44.9 Å². The lowest BCUT2D eigenvalue weighted by Crippen LogP contribution is -2.02. The largest absolute Gasteiger partial charge is 0.465 e. The summed E-state index contributed by atoms with van der Waals surface area (Å²) in [5.41, 5.74) is 0.388. The monoisotopic (exact) mass is 352 g/mol. The molecule has 0 heterocycles. The molecule has 8 heteroatoms. The smallest absolute Gasteiger partial charge is 0.337 e. The van der Waals surface area contributed by atoms with E-state index in [4.69, 9.17) is 37.4 Å². The summed E-state index contributed by atoms with van der Waals surface area (Å²) in [6, 6.07) is 4.87. The average Bonchev–Trinajstić information content (AvgIpc) is 2.26. The predicted molar refractivity (Wildman–Crippen MR) is 91.3 cm³/mol. The molecule has 0 N–H and O–H groups in total. The Bertz CT molecular complexity index is 603. The van der Waals surface area contributed by atoms with Crippen LogP contribution in [-0.4, -0.2) is 39.7 Å². The van der Waals surface area contributed by atoms with Gasteiger partial charge >= 0.3 is 5.97 Å². The normalized spacial score (nSPS) is 11.8. The molecule has 0 saturated carbocycles. The fourth-order valence-corrected chi connectivity index (χ4v) is 3.10. The fourth-order valence-electron chi connectivity index (χ4n) is 1.37. The zero-order valence-corrected chi connectivity index (χ0v) is 15.5. The summed E-state index contributed by atoms with van der Waals surface area (Å²) in [6.45, 7) is 7.44. The number of hydrogen-bond acceptors (Lipinski definition) is 6. The molecule has 1 rings (SSSR count). The van der Waals surface area contributed by atoms with Gasteiger partial charge < -0.3 is 13.8 Å². The predicted octanol–water partition coefficient (Wildman–Crippen LogP) is 3.54. The molecule has 0 aliphatic carbocycles. The topological polar surface area (TPSA) is 44.8 Å². The van der Waals surface area contributed by atoms with Crippen molar-refractivity contribution in [3.8, 4) is 11.5 Å². The second kappa shape index (κ2) is 6.57. The maximum Gasteiger partial charge on any atom is 0.337 e. The van der Waals surface area contributed by atoms with Crippen molar-refractivity contribution in [2.45, 2.75) is 0 Å². The van der Waals surface area contributed by atoms with Crippen molar-refractivity contribution in [2.24, 2.45) is 0 Å². The highest BCUT2D eigenvalue weighted by Crippen LogP contribution is 2.48. The molecule has 0 atom stereocenters. The zero-order chi connectivity index (χ0) is 15.6. The van der Waals surface area contributed by atoms with Crippen LogP contribution >= 0.6 is 12.5 Å². The Morgan fingerprint density at radius 1 is 1.00 bits per heavy atom. The Morgan fingerprint density at radius 2 is 1.50 bits per heavy atom. The molecule has 20 heavy (non-hydrogen) atoms. The summed E-state index contributed by atoms with van der Waals surface area (Å²) in [4.78, 5) is 11.6. The van der Waals surface area contributed by atoms with Crippen LogP contribution in [0.5, 0.6) is 11.5 Å². The minimum absolute atomic E-state index is 0.388. The van der Waals surface area contributed by atoms with Crippen molar-refractivity contribution >= 4 is 42.1 Å². The lowest BCUT2D eigenvalue weighted by Gasteiger charge is -2.20. The molecule has 0 unspecified atom stereocenters. The number of ether oxygens (including phenoxy) is 1. The molecule has 0 radical (unpaired) electrons. The molecule has 1 aromatic rings. The van der Waals surface area contributed by atoms with Gasteiger partial charge in [0.1, 0.15) is 12.5 Å². The van der Waals surface area contributed by atoms with Gasteiger partial charge in [0.2, 0.25) is 0 Å². The number of methoxy groups -OCH3 is 1. The molecule has 0 aliphatic rings. The standard InChI is InChI=1S/C12H18O4P2S2/c1-14-12(13)9-6-7-10(15-17(2,3)19)11(8-9)16-18(4,5)20/h6-8H,1-5H3. The molecule has 4 nitrogen and oxygen atoms in total. The van der Waals surface area contributed by atoms with E-state index in [2.05, 4.69) is 0 Å². The summed E-state index contributed by atoms with van der Waals surface area (Å²) < 4.78 is 16.2. The van der Waals surface area contributed by atoms with Crippen LogP contribution < -0.4 is 9.05 Å². The van der Waals surface area contributed by atoms with Crippen LogP contribution in [0, 0.1) is 0 Å². The Labute approximate surface area is 130 Å². The van der Waals surface area contributed by atoms with E-state index in [0.29, 0.717) is 17.1 Å². The van der Waals surface area contributed by atoms with Gasteiger partial charge in [0, 0.05) is 0 Å². The number of carbonyl (C=O) groups is 1. The Morgan fingerprint density at radius 3 is 1.95 bits per heavy atom. The summed E-state index contributed by atoms with van der Waals surface area (Å²) in [5.74, 6) is 0.525. The van der Waals surface area contributed by atoms with Gasteiger partial charge in [0.25, 0.3) is 0 Å². The number of hydrogen-bond donors (Lipinski definition) is 0. The molecular formula is C12H18O4P2S2. The van der Waals surface area contributed by atoms with Gasteiger partial charge in [0.05, 0.1) is 12.7 Å². The minimum Gasteiger partial charge on any atom is -0.465 e. The maximum absolute atomic E-state index is 11.6. The first kappa shape index (κ1) is 17.6. The number of carbonyl (C=O) groups excluding carboxylic acids is 1. The minimum atomic E-state index is -1.96. The molecule has 0 aromatic heterocycles. The second-order valence-corrected chi connectivity index (χ2v) is 15.5. The first-order valence-corrected chi connectivity index (χ1v) is 13.0. The van der Waals surface area contributed by atoms with Crippen LogP contribution in [-0.2, 0) is 28.4 Å². The first-order chi connectivity index (χ1) is 9.02. The van der Waals surface area contributed by atoms with E-state index in [1.54, 1.807) is 18.2 Å². The number of esters is 1. The lowest BCUT2D eigenvalue weighted by molar-refractivity contribution is 0.0600. The van der Waals surface area contributed by atoms with Crippen LogP contribution in [0.25, 0.3) is 0 Å².